The molecule has 0 bridgehead atoms. The van der Waals surface area contributed by atoms with Gasteiger partial charge < -0.3 is 5.11 Å². The van der Waals surface area contributed by atoms with Crippen LogP contribution < -0.4 is 0 Å². The zero-order valence-electron chi connectivity index (χ0n) is 10.2. The third-order valence-electron chi connectivity index (χ3n) is 2.82. The zero-order chi connectivity index (χ0) is 13.3. The molecular formula is C14H14BrFOS. The van der Waals surface area contributed by atoms with E-state index in [9.17, 15) is 9.50 Å². The predicted octanol–water partition coefficient (Wildman–Crippen LogP) is 4.41. The van der Waals surface area contributed by atoms with E-state index in [1.807, 2.05) is 19.1 Å². The number of rotatable bonds is 3. The van der Waals surface area contributed by atoms with Gasteiger partial charge in [0.2, 0.25) is 0 Å². The Kier molecular flexibility index (Phi) is 3.90. The summed E-state index contributed by atoms with van der Waals surface area (Å²) in [6.45, 7) is 3.71. The lowest BCUT2D eigenvalue weighted by molar-refractivity contribution is 0.0605. The molecule has 2 aromatic rings. The van der Waals surface area contributed by atoms with Crippen LogP contribution in [0.15, 0.2) is 34.8 Å². The first kappa shape index (κ1) is 13.7. The SMILES string of the molecule is Cc1ccc(C(C)(O)Cc2ccc(Br)cc2F)s1. The molecule has 0 radical (unpaired) electrons. The normalized spacial score (nSPS) is 14.5. The van der Waals surface area contributed by atoms with Crippen molar-refractivity contribution in [2.75, 3.05) is 0 Å². The van der Waals surface area contributed by atoms with Gasteiger partial charge in [0.1, 0.15) is 11.4 Å². The lowest BCUT2D eigenvalue weighted by Crippen LogP contribution is -2.23. The van der Waals surface area contributed by atoms with Crippen LogP contribution in [0, 0.1) is 12.7 Å². The number of hydrogen-bond acceptors (Lipinski definition) is 2. The summed E-state index contributed by atoms with van der Waals surface area (Å²) in [6, 6.07) is 8.77. The van der Waals surface area contributed by atoms with Crippen LogP contribution in [0.4, 0.5) is 4.39 Å². The maximum Gasteiger partial charge on any atom is 0.127 e. The van der Waals surface area contributed by atoms with E-state index in [1.165, 1.54) is 6.07 Å². The molecule has 0 spiro atoms. The molecule has 0 aliphatic carbocycles. The van der Waals surface area contributed by atoms with Crippen LogP contribution in [0.2, 0.25) is 0 Å². The molecule has 1 aromatic carbocycles. The molecule has 1 unspecified atom stereocenters. The zero-order valence-corrected chi connectivity index (χ0v) is 12.6. The molecule has 96 valence electrons. The Balaban J connectivity index is 2.27. The maximum absolute atomic E-state index is 13.8. The molecule has 0 aliphatic rings. The standard InChI is InChI=1S/C14H14BrFOS/c1-9-3-6-13(18-9)14(2,17)8-10-4-5-11(15)7-12(10)16/h3-7,17H,8H2,1-2H3. The molecule has 1 nitrogen and oxygen atoms in total. The molecule has 1 N–H and O–H groups in total. The van der Waals surface area contributed by atoms with E-state index in [0.717, 1.165) is 9.75 Å². The van der Waals surface area contributed by atoms with Crippen molar-refractivity contribution in [1.82, 2.24) is 0 Å². The van der Waals surface area contributed by atoms with Crippen molar-refractivity contribution >= 4 is 27.3 Å². The summed E-state index contributed by atoms with van der Waals surface area (Å²) in [5.74, 6) is -0.294. The second-order valence-corrected chi connectivity index (χ2v) is 6.80. The molecule has 0 fully saturated rings. The van der Waals surface area contributed by atoms with Crippen LogP contribution in [0.1, 0.15) is 22.2 Å². The number of hydrogen-bond donors (Lipinski definition) is 1. The minimum absolute atomic E-state index is 0.270. The van der Waals surface area contributed by atoms with Crippen molar-refractivity contribution in [2.24, 2.45) is 0 Å². The van der Waals surface area contributed by atoms with Crippen LogP contribution in [-0.4, -0.2) is 5.11 Å². The van der Waals surface area contributed by atoms with Crippen LogP contribution in [0.3, 0.4) is 0 Å². The van der Waals surface area contributed by atoms with Crippen LogP contribution in [0.25, 0.3) is 0 Å². The maximum atomic E-state index is 13.8. The van der Waals surface area contributed by atoms with Crippen molar-refractivity contribution in [3.05, 3.63) is 55.9 Å². The first-order valence-electron chi connectivity index (χ1n) is 5.62. The summed E-state index contributed by atoms with van der Waals surface area (Å²) in [5.41, 5.74) is -0.512. The van der Waals surface area contributed by atoms with Crippen LogP contribution >= 0.6 is 27.3 Å². The van der Waals surface area contributed by atoms with Gasteiger partial charge in [0.15, 0.2) is 0 Å². The van der Waals surface area contributed by atoms with Crippen molar-refractivity contribution < 1.29 is 9.50 Å². The number of aliphatic hydroxyl groups is 1. The van der Waals surface area contributed by atoms with E-state index in [4.69, 9.17) is 0 Å². The number of thiophene rings is 1. The fraction of sp³-hybridized carbons (Fsp3) is 0.286. The summed E-state index contributed by atoms with van der Waals surface area (Å²) in [7, 11) is 0. The quantitative estimate of drug-likeness (QED) is 0.884. The average Bonchev–Trinajstić information content (AvgIpc) is 2.70. The van der Waals surface area contributed by atoms with Crippen LogP contribution in [0.5, 0.6) is 0 Å². The third kappa shape index (κ3) is 2.99. The van der Waals surface area contributed by atoms with Gasteiger partial charge in [-0.25, -0.2) is 4.39 Å². The first-order valence-corrected chi connectivity index (χ1v) is 7.23. The van der Waals surface area contributed by atoms with Crippen molar-refractivity contribution in [3.8, 4) is 0 Å². The highest BCUT2D eigenvalue weighted by atomic mass is 79.9. The Morgan fingerprint density at radius 1 is 1.33 bits per heavy atom. The molecule has 0 saturated carbocycles. The lowest BCUT2D eigenvalue weighted by atomic mass is 9.95. The fourth-order valence-electron chi connectivity index (χ4n) is 1.85. The monoisotopic (exact) mass is 328 g/mol. The van der Waals surface area contributed by atoms with Gasteiger partial charge in [0, 0.05) is 20.6 Å². The molecule has 4 heteroatoms. The van der Waals surface area contributed by atoms with E-state index in [1.54, 1.807) is 30.4 Å². The minimum Gasteiger partial charge on any atom is -0.384 e. The molecular weight excluding hydrogens is 315 g/mol. The van der Waals surface area contributed by atoms with Crippen molar-refractivity contribution in [1.29, 1.82) is 0 Å². The molecule has 1 aromatic heterocycles. The average molecular weight is 329 g/mol. The summed E-state index contributed by atoms with van der Waals surface area (Å²) >= 11 is 4.76. The van der Waals surface area contributed by atoms with Gasteiger partial charge in [-0.2, -0.15) is 0 Å². The smallest absolute Gasteiger partial charge is 0.127 e. The number of halogens is 2. The van der Waals surface area contributed by atoms with Gasteiger partial charge in [0.25, 0.3) is 0 Å². The Hall–Kier alpha value is -0.710. The van der Waals surface area contributed by atoms with E-state index >= 15 is 0 Å². The van der Waals surface area contributed by atoms with Gasteiger partial charge in [-0.05, 0) is 43.7 Å². The predicted molar refractivity (Wildman–Crippen MR) is 76.4 cm³/mol. The van der Waals surface area contributed by atoms with Gasteiger partial charge in [0.05, 0.1) is 0 Å². The Morgan fingerprint density at radius 2 is 2.06 bits per heavy atom. The molecule has 0 saturated heterocycles. The Labute approximate surface area is 118 Å². The van der Waals surface area contributed by atoms with E-state index in [-0.39, 0.29) is 12.2 Å². The van der Waals surface area contributed by atoms with Gasteiger partial charge in [-0.15, -0.1) is 11.3 Å². The third-order valence-corrected chi connectivity index (χ3v) is 4.57. The highest BCUT2D eigenvalue weighted by Gasteiger charge is 2.26. The lowest BCUT2D eigenvalue weighted by Gasteiger charge is -2.22. The highest BCUT2D eigenvalue weighted by Crippen LogP contribution is 2.32. The summed E-state index contributed by atoms with van der Waals surface area (Å²) in [4.78, 5) is 2.00. The summed E-state index contributed by atoms with van der Waals surface area (Å²) in [5, 5.41) is 10.5. The minimum atomic E-state index is -1.03. The Bertz CT molecular complexity index is 563. The summed E-state index contributed by atoms with van der Waals surface area (Å²) < 4.78 is 14.5. The second-order valence-electron chi connectivity index (χ2n) is 4.60. The van der Waals surface area contributed by atoms with Gasteiger partial charge >= 0.3 is 0 Å². The summed E-state index contributed by atoms with van der Waals surface area (Å²) in [6.07, 6.45) is 0.270. The van der Waals surface area contributed by atoms with Gasteiger partial charge in [-0.3, -0.25) is 0 Å². The number of aryl methyl sites for hydroxylation is 1. The highest BCUT2D eigenvalue weighted by molar-refractivity contribution is 9.10. The van der Waals surface area contributed by atoms with Gasteiger partial charge in [-0.1, -0.05) is 22.0 Å². The second kappa shape index (κ2) is 5.11. The topological polar surface area (TPSA) is 20.2 Å². The fourth-order valence-corrected chi connectivity index (χ4v) is 3.09. The molecule has 0 aliphatic heterocycles. The largest absolute Gasteiger partial charge is 0.384 e. The molecule has 0 amide bonds. The Morgan fingerprint density at radius 3 is 2.61 bits per heavy atom. The van der Waals surface area contributed by atoms with E-state index in [0.29, 0.717) is 10.0 Å². The molecule has 18 heavy (non-hydrogen) atoms. The van der Waals surface area contributed by atoms with Crippen molar-refractivity contribution in [3.63, 3.8) is 0 Å². The molecule has 2 rings (SSSR count). The van der Waals surface area contributed by atoms with Crippen molar-refractivity contribution in [2.45, 2.75) is 25.9 Å². The van der Waals surface area contributed by atoms with E-state index < -0.39 is 5.60 Å². The molecule has 1 heterocycles. The molecule has 1 atom stereocenters. The van der Waals surface area contributed by atoms with E-state index in [2.05, 4.69) is 15.9 Å². The van der Waals surface area contributed by atoms with Crippen LogP contribution in [-0.2, 0) is 12.0 Å². The number of benzene rings is 1. The first-order chi connectivity index (χ1) is 8.38.